The van der Waals surface area contributed by atoms with Gasteiger partial charge in [-0.05, 0) is 37.3 Å². The highest BCUT2D eigenvalue weighted by Gasteiger charge is 2.69. The van der Waals surface area contributed by atoms with Gasteiger partial charge in [-0.3, -0.25) is 38.4 Å². The highest BCUT2D eigenvalue weighted by Crippen LogP contribution is 2.52. The van der Waals surface area contributed by atoms with E-state index in [1.54, 1.807) is 0 Å². The number of benzene rings is 1. The molecule has 2 fully saturated rings. The second kappa shape index (κ2) is 20.4. The summed E-state index contributed by atoms with van der Waals surface area (Å²) in [7, 11) is 0. The van der Waals surface area contributed by atoms with E-state index in [0.29, 0.717) is 0 Å². The first-order chi connectivity index (χ1) is 28.2. The van der Waals surface area contributed by atoms with Gasteiger partial charge in [-0.1, -0.05) is 0 Å². The lowest BCUT2D eigenvalue weighted by molar-refractivity contribution is -0.351. The molecule has 21 heteroatoms. The summed E-state index contributed by atoms with van der Waals surface area (Å²) in [6.07, 6.45) is -10.5. The Kier molecular flexibility index (Phi) is 15.9. The van der Waals surface area contributed by atoms with Gasteiger partial charge >= 0.3 is 47.8 Å². The molecule has 0 radical (unpaired) electrons. The van der Waals surface area contributed by atoms with Crippen LogP contribution in [-0.2, 0) is 90.5 Å². The van der Waals surface area contributed by atoms with Crippen molar-refractivity contribution in [1.29, 1.82) is 0 Å². The molecule has 0 unspecified atom stereocenters. The van der Waals surface area contributed by atoms with Crippen LogP contribution in [0.25, 0.3) is 0 Å². The third kappa shape index (κ3) is 11.8. The van der Waals surface area contributed by atoms with Gasteiger partial charge in [0.2, 0.25) is 12.6 Å². The molecule has 0 spiro atoms. The first kappa shape index (κ1) is 46.8. The molecule has 1 aromatic rings. The van der Waals surface area contributed by atoms with Crippen molar-refractivity contribution in [2.75, 3.05) is 19.8 Å². The van der Waals surface area contributed by atoms with Crippen LogP contribution >= 0.6 is 0 Å². The Hall–Kier alpha value is -5.93. The Bertz CT molecular complexity index is 1820. The standard InChI is InChI=1S/C39H46O21/c1-18(40)15-52-39(17-51-20(3)42)30-28(31(35(39)57-25(8)47)59-36(48)26-9-11-27(12-10-26)53-21(4)43)13-14-49-37(30)60-38-34(56-24(7)46)33(55-23(6)45)32(54-22(5)44)29(58-38)16-50-19(2)41/h9-14,28-35,37-38H,15-17H2,1-8H3/t28-,29-,30-,31+,32-,33+,34-,35-,37+,38+,39+/m1/s1. The molecule has 1 saturated heterocycles. The molecule has 4 rings (SSSR count). The number of carbonyl (C=O) groups is 9. The Morgan fingerprint density at radius 1 is 0.617 bits per heavy atom. The van der Waals surface area contributed by atoms with Gasteiger partial charge in [0.05, 0.1) is 17.7 Å². The van der Waals surface area contributed by atoms with Gasteiger partial charge < -0.3 is 56.8 Å². The highest BCUT2D eigenvalue weighted by atomic mass is 16.8. The zero-order valence-corrected chi connectivity index (χ0v) is 33.9. The molecule has 1 aliphatic carbocycles. The minimum atomic E-state index is -2.13. The third-order valence-corrected chi connectivity index (χ3v) is 9.09. The first-order valence-corrected chi connectivity index (χ1v) is 18.4. The monoisotopic (exact) mass is 850 g/mol. The van der Waals surface area contributed by atoms with Gasteiger partial charge in [0.1, 0.15) is 37.8 Å². The normalized spacial score (nSPS) is 29.0. The fraction of sp³-hybridized carbons (Fsp3) is 0.564. The topological polar surface area (TPSA) is 264 Å². The average molecular weight is 851 g/mol. The summed E-state index contributed by atoms with van der Waals surface area (Å²) in [6.45, 7) is 6.67. The summed E-state index contributed by atoms with van der Waals surface area (Å²) < 4.78 is 68.7. The Labute approximate surface area is 343 Å². The minimum absolute atomic E-state index is 0.0347. The van der Waals surface area contributed by atoms with Gasteiger partial charge in [-0.2, -0.15) is 0 Å². The molecule has 2 heterocycles. The average Bonchev–Trinajstić information content (AvgIpc) is 3.39. The van der Waals surface area contributed by atoms with E-state index >= 15 is 0 Å². The zero-order chi connectivity index (χ0) is 44.5. The van der Waals surface area contributed by atoms with Gasteiger partial charge in [0.25, 0.3) is 0 Å². The van der Waals surface area contributed by atoms with E-state index in [0.717, 1.165) is 47.8 Å². The molecule has 0 N–H and O–H groups in total. The Balaban J connectivity index is 1.87. The fourth-order valence-electron chi connectivity index (χ4n) is 7.04. The highest BCUT2D eigenvalue weighted by molar-refractivity contribution is 5.90. The van der Waals surface area contributed by atoms with Crippen LogP contribution in [-0.4, -0.2) is 128 Å². The van der Waals surface area contributed by atoms with Crippen molar-refractivity contribution < 1.29 is 100.0 Å². The van der Waals surface area contributed by atoms with Crippen molar-refractivity contribution in [1.82, 2.24) is 0 Å². The summed E-state index contributed by atoms with van der Waals surface area (Å²) in [4.78, 5) is 112. The maximum atomic E-state index is 13.8. The van der Waals surface area contributed by atoms with Crippen molar-refractivity contribution in [3.05, 3.63) is 42.2 Å². The Morgan fingerprint density at radius 3 is 1.75 bits per heavy atom. The molecule has 3 aliphatic rings. The molecule has 0 aromatic heterocycles. The second-order valence-corrected chi connectivity index (χ2v) is 13.9. The van der Waals surface area contributed by atoms with Gasteiger partial charge in [-0.15, -0.1) is 0 Å². The van der Waals surface area contributed by atoms with Crippen LogP contribution in [0.3, 0.4) is 0 Å². The van der Waals surface area contributed by atoms with Gasteiger partial charge in [0.15, 0.2) is 35.8 Å². The number of hydrogen-bond donors (Lipinski definition) is 0. The van der Waals surface area contributed by atoms with E-state index in [1.807, 2.05) is 0 Å². The summed E-state index contributed by atoms with van der Waals surface area (Å²) >= 11 is 0. The third-order valence-electron chi connectivity index (χ3n) is 9.09. The van der Waals surface area contributed by atoms with E-state index in [-0.39, 0.29) is 11.3 Å². The first-order valence-electron chi connectivity index (χ1n) is 18.4. The molecule has 11 atom stereocenters. The predicted molar refractivity (Wildman–Crippen MR) is 193 cm³/mol. The lowest BCUT2D eigenvalue weighted by atomic mass is 9.83. The predicted octanol–water partition coefficient (Wildman–Crippen LogP) is 1.19. The quantitative estimate of drug-likeness (QED) is 0.128. The summed E-state index contributed by atoms with van der Waals surface area (Å²) in [5.74, 6) is -9.71. The molecule has 1 aromatic carbocycles. The zero-order valence-electron chi connectivity index (χ0n) is 33.9. The molecule has 328 valence electrons. The van der Waals surface area contributed by atoms with Gasteiger partial charge in [0, 0.05) is 54.4 Å². The van der Waals surface area contributed by atoms with Crippen LogP contribution in [0.2, 0.25) is 0 Å². The van der Waals surface area contributed by atoms with E-state index in [9.17, 15) is 43.2 Å². The van der Waals surface area contributed by atoms with Crippen molar-refractivity contribution in [3.63, 3.8) is 0 Å². The van der Waals surface area contributed by atoms with E-state index in [1.165, 1.54) is 44.2 Å². The summed E-state index contributed by atoms with van der Waals surface area (Å²) in [5, 5.41) is 0. The van der Waals surface area contributed by atoms with Crippen molar-refractivity contribution >= 4 is 53.5 Å². The van der Waals surface area contributed by atoms with Crippen molar-refractivity contribution in [2.45, 2.75) is 110 Å². The van der Waals surface area contributed by atoms with Crippen LogP contribution in [0.4, 0.5) is 0 Å². The van der Waals surface area contributed by atoms with Crippen LogP contribution in [0.5, 0.6) is 5.75 Å². The molecular weight excluding hydrogens is 804 g/mol. The fourth-order valence-corrected chi connectivity index (χ4v) is 7.04. The molecular formula is C39H46O21. The minimum Gasteiger partial charge on any atom is -0.472 e. The van der Waals surface area contributed by atoms with Gasteiger partial charge in [-0.25, -0.2) is 4.79 Å². The number of esters is 8. The Morgan fingerprint density at radius 2 is 1.20 bits per heavy atom. The summed E-state index contributed by atoms with van der Waals surface area (Å²) in [6, 6.07) is 5.29. The molecule has 2 aliphatic heterocycles. The summed E-state index contributed by atoms with van der Waals surface area (Å²) in [5.41, 5.74) is -2.17. The number of carbonyl (C=O) groups excluding carboxylic acids is 9. The van der Waals surface area contributed by atoms with Crippen molar-refractivity contribution in [2.24, 2.45) is 11.8 Å². The van der Waals surface area contributed by atoms with Crippen LogP contribution < -0.4 is 4.74 Å². The van der Waals surface area contributed by atoms with Crippen LogP contribution in [0, 0.1) is 11.8 Å². The lowest BCUT2D eigenvalue weighted by Gasteiger charge is -2.47. The van der Waals surface area contributed by atoms with E-state index < -0.39 is 140 Å². The SMILES string of the molecule is CC(=O)CO[C@@]1(COC(C)=O)[C@H]2[C@H](O[C@@H]3O[C@H](COC(C)=O)[C@@H](OC(C)=O)[C@H](OC(C)=O)[C@H]3OC(C)=O)OC=C[C@H]2[C@H](OC(=O)c2ccc(OC(C)=O)cc2)[C@H]1OC(C)=O. The van der Waals surface area contributed by atoms with Crippen LogP contribution in [0.15, 0.2) is 36.6 Å². The lowest BCUT2D eigenvalue weighted by Crippen LogP contribution is -2.64. The molecule has 0 bridgehead atoms. The van der Waals surface area contributed by atoms with E-state index in [4.69, 9.17) is 56.8 Å². The molecule has 60 heavy (non-hydrogen) atoms. The number of rotatable bonds is 16. The maximum absolute atomic E-state index is 13.8. The second-order valence-electron chi connectivity index (χ2n) is 13.9. The largest absolute Gasteiger partial charge is 0.472 e. The smallest absolute Gasteiger partial charge is 0.338 e. The number of ketones is 1. The number of hydrogen-bond acceptors (Lipinski definition) is 21. The van der Waals surface area contributed by atoms with Crippen LogP contribution in [0.1, 0.15) is 65.7 Å². The number of fused-ring (bicyclic) bond motifs is 1. The van der Waals surface area contributed by atoms with Crippen molar-refractivity contribution in [3.8, 4) is 5.75 Å². The number of Topliss-reactive ketones (excluding diaryl/α,β-unsaturated/α-hetero) is 1. The molecule has 0 amide bonds. The molecule has 21 nitrogen and oxygen atoms in total. The number of ether oxygens (including phenoxy) is 12. The maximum Gasteiger partial charge on any atom is 0.338 e. The van der Waals surface area contributed by atoms with E-state index in [2.05, 4.69) is 0 Å². The molecule has 1 saturated carbocycles.